The first-order valence-electron chi connectivity index (χ1n) is 4.97. The number of para-hydroxylation sites is 1. The SMILES string of the molecule is O=C(N[C@@H](CS(=O)(=O)O)C(=O)O)c1ccccc1O. The van der Waals surface area contributed by atoms with E-state index < -0.39 is 33.8 Å². The Morgan fingerprint density at radius 1 is 1.26 bits per heavy atom. The van der Waals surface area contributed by atoms with Crippen molar-refractivity contribution in [1.82, 2.24) is 5.32 Å². The highest BCUT2D eigenvalue weighted by Crippen LogP contribution is 2.15. The fourth-order valence-electron chi connectivity index (χ4n) is 1.29. The van der Waals surface area contributed by atoms with E-state index >= 15 is 0 Å². The lowest BCUT2D eigenvalue weighted by molar-refractivity contribution is -0.138. The summed E-state index contributed by atoms with van der Waals surface area (Å²) in [5.74, 6) is -4.13. The molecule has 9 heteroatoms. The van der Waals surface area contributed by atoms with Gasteiger partial charge in [-0.3, -0.25) is 9.35 Å². The summed E-state index contributed by atoms with van der Waals surface area (Å²) in [5.41, 5.74) is -0.205. The van der Waals surface area contributed by atoms with Crippen molar-refractivity contribution in [3.05, 3.63) is 29.8 Å². The van der Waals surface area contributed by atoms with Crippen molar-refractivity contribution >= 4 is 22.0 Å². The zero-order chi connectivity index (χ0) is 14.6. The van der Waals surface area contributed by atoms with Gasteiger partial charge in [-0.15, -0.1) is 0 Å². The molecule has 0 bridgehead atoms. The molecule has 1 amide bonds. The van der Waals surface area contributed by atoms with Gasteiger partial charge in [-0.05, 0) is 12.1 Å². The van der Waals surface area contributed by atoms with Crippen LogP contribution in [-0.2, 0) is 14.9 Å². The Morgan fingerprint density at radius 3 is 2.32 bits per heavy atom. The second-order valence-corrected chi connectivity index (χ2v) is 5.13. The molecule has 104 valence electrons. The molecule has 1 aromatic carbocycles. The van der Waals surface area contributed by atoms with E-state index in [1.54, 1.807) is 0 Å². The van der Waals surface area contributed by atoms with Gasteiger partial charge in [0.25, 0.3) is 16.0 Å². The van der Waals surface area contributed by atoms with Gasteiger partial charge < -0.3 is 15.5 Å². The van der Waals surface area contributed by atoms with Gasteiger partial charge in [-0.25, -0.2) is 4.79 Å². The molecule has 1 aromatic rings. The molecule has 0 radical (unpaired) electrons. The first-order chi connectivity index (χ1) is 8.70. The number of carbonyl (C=O) groups excluding carboxylic acids is 1. The van der Waals surface area contributed by atoms with E-state index in [9.17, 15) is 23.1 Å². The average Bonchev–Trinajstić information content (AvgIpc) is 2.26. The second kappa shape index (κ2) is 5.67. The van der Waals surface area contributed by atoms with Crippen molar-refractivity contribution in [2.45, 2.75) is 6.04 Å². The van der Waals surface area contributed by atoms with Crippen molar-refractivity contribution < 1.29 is 32.8 Å². The number of aromatic hydroxyl groups is 1. The molecular weight excluding hydrogens is 278 g/mol. The quantitative estimate of drug-likeness (QED) is 0.533. The molecule has 0 fully saturated rings. The maximum atomic E-state index is 11.7. The Kier molecular flexibility index (Phi) is 4.46. The third-order valence-electron chi connectivity index (χ3n) is 2.13. The molecule has 0 aliphatic carbocycles. The van der Waals surface area contributed by atoms with Crippen molar-refractivity contribution in [3.63, 3.8) is 0 Å². The van der Waals surface area contributed by atoms with E-state index in [2.05, 4.69) is 0 Å². The number of phenols is 1. The molecule has 1 atom stereocenters. The Morgan fingerprint density at radius 2 is 1.84 bits per heavy atom. The van der Waals surface area contributed by atoms with E-state index in [0.29, 0.717) is 0 Å². The zero-order valence-electron chi connectivity index (χ0n) is 9.48. The minimum atomic E-state index is -4.56. The Bertz CT molecular complexity index is 596. The number of phenolic OH excluding ortho intramolecular Hbond substituents is 1. The highest BCUT2D eigenvalue weighted by molar-refractivity contribution is 7.85. The summed E-state index contributed by atoms with van der Waals surface area (Å²) in [6.45, 7) is 0. The lowest BCUT2D eigenvalue weighted by Crippen LogP contribution is -2.45. The van der Waals surface area contributed by atoms with Crippen LogP contribution in [0.4, 0.5) is 0 Å². The monoisotopic (exact) mass is 289 g/mol. The van der Waals surface area contributed by atoms with E-state index in [1.807, 2.05) is 5.32 Å². The molecule has 0 aliphatic heterocycles. The lowest BCUT2D eigenvalue weighted by atomic mass is 10.2. The van der Waals surface area contributed by atoms with Crippen molar-refractivity contribution in [3.8, 4) is 5.75 Å². The molecule has 0 aliphatic rings. The number of carbonyl (C=O) groups is 2. The van der Waals surface area contributed by atoms with Crippen LogP contribution in [-0.4, -0.2) is 46.9 Å². The van der Waals surface area contributed by atoms with E-state index in [-0.39, 0.29) is 11.3 Å². The summed E-state index contributed by atoms with van der Waals surface area (Å²) >= 11 is 0. The maximum Gasteiger partial charge on any atom is 0.327 e. The summed E-state index contributed by atoms with van der Waals surface area (Å²) in [6.07, 6.45) is 0. The highest BCUT2D eigenvalue weighted by atomic mass is 32.2. The van der Waals surface area contributed by atoms with Crippen LogP contribution >= 0.6 is 0 Å². The summed E-state index contributed by atoms with van der Waals surface area (Å²) in [4.78, 5) is 22.4. The number of nitrogens with one attached hydrogen (secondary N) is 1. The average molecular weight is 289 g/mol. The van der Waals surface area contributed by atoms with Gasteiger partial charge in [-0.1, -0.05) is 12.1 Å². The number of hydrogen-bond donors (Lipinski definition) is 4. The number of carboxylic acid groups (broad SMARTS) is 1. The van der Waals surface area contributed by atoms with Crippen LogP contribution in [0.15, 0.2) is 24.3 Å². The fourth-order valence-corrected chi connectivity index (χ4v) is 1.93. The summed E-state index contributed by atoms with van der Waals surface area (Å²) < 4.78 is 29.8. The molecule has 4 N–H and O–H groups in total. The van der Waals surface area contributed by atoms with Gasteiger partial charge in [0.15, 0.2) is 0 Å². The first-order valence-corrected chi connectivity index (χ1v) is 6.58. The Balaban J connectivity index is 2.89. The van der Waals surface area contributed by atoms with Gasteiger partial charge in [0, 0.05) is 0 Å². The number of carboxylic acids is 1. The molecule has 0 saturated carbocycles. The van der Waals surface area contributed by atoms with Crippen LogP contribution in [0.2, 0.25) is 0 Å². The predicted octanol–water partition coefficient (Wildman–Crippen LogP) is -0.537. The van der Waals surface area contributed by atoms with Gasteiger partial charge >= 0.3 is 5.97 Å². The second-order valence-electron chi connectivity index (χ2n) is 3.63. The number of rotatable bonds is 5. The number of benzene rings is 1. The molecule has 0 heterocycles. The van der Waals surface area contributed by atoms with E-state index in [4.69, 9.17) is 9.66 Å². The highest BCUT2D eigenvalue weighted by Gasteiger charge is 2.26. The van der Waals surface area contributed by atoms with Gasteiger partial charge in [0.1, 0.15) is 17.5 Å². The summed E-state index contributed by atoms with van der Waals surface area (Å²) in [5, 5.41) is 20.0. The Hall–Kier alpha value is -2.13. The molecule has 0 aromatic heterocycles. The van der Waals surface area contributed by atoms with Crippen molar-refractivity contribution in [2.24, 2.45) is 0 Å². The number of amides is 1. The molecule has 0 saturated heterocycles. The van der Waals surface area contributed by atoms with E-state index in [1.165, 1.54) is 24.3 Å². The Labute approximate surface area is 108 Å². The van der Waals surface area contributed by atoms with Gasteiger partial charge in [0.2, 0.25) is 0 Å². The summed E-state index contributed by atoms with van der Waals surface area (Å²) in [7, 11) is -4.56. The standard InChI is InChI=1S/C10H11NO7S/c12-8-4-2-1-3-6(8)9(13)11-7(10(14)15)5-19(16,17)18/h1-4,7,12H,5H2,(H,11,13)(H,14,15)(H,16,17,18)/t7-/m0/s1. The van der Waals surface area contributed by atoms with E-state index in [0.717, 1.165) is 0 Å². The normalized spacial score (nSPS) is 12.7. The lowest BCUT2D eigenvalue weighted by Gasteiger charge is -2.13. The smallest absolute Gasteiger partial charge is 0.327 e. The predicted molar refractivity (Wildman–Crippen MR) is 63.4 cm³/mol. The minimum absolute atomic E-state index is 0.205. The topological polar surface area (TPSA) is 141 Å². The minimum Gasteiger partial charge on any atom is -0.507 e. The largest absolute Gasteiger partial charge is 0.507 e. The molecule has 19 heavy (non-hydrogen) atoms. The molecule has 0 unspecified atom stereocenters. The molecule has 8 nitrogen and oxygen atoms in total. The van der Waals surface area contributed by atoms with Crippen molar-refractivity contribution in [1.29, 1.82) is 0 Å². The maximum absolute atomic E-state index is 11.7. The van der Waals surface area contributed by atoms with Gasteiger partial charge in [0.05, 0.1) is 5.56 Å². The third-order valence-corrected chi connectivity index (χ3v) is 2.88. The van der Waals surface area contributed by atoms with Crippen LogP contribution in [0, 0.1) is 0 Å². The molecule has 1 rings (SSSR count). The zero-order valence-corrected chi connectivity index (χ0v) is 10.3. The van der Waals surface area contributed by atoms with Crippen LogP contribution < -0.4 is 5.32 Å². The first kappa shape index (κ1) is 14.9. The van der Waals surface area contributed by atoms with Crippen molar-refractivity contribution in [2.75, 3.05) is 5.75 Å². The van der Waals surface area contributed by atoms with Crippen LogP contribution in [0.5, 0.6) is 5.75 Å². The third kappa shape index (κ3) is 4.56. The summed E-state index contributed by atoms with van der Waals surface area (Å²) in [6, 6.07) is 3.53. The molecule has 0 spiro atoms. The fraction of sp³-hybridized carbons (Fsp3) is 0.200. The molecular formula is C10H11NO7S. The van der Waals surface area contributed by atoms with Crippen LogP contribution in [0.25, 0.3) is 0 Å². The number of aliphatic carboxylic acids is 1. The van der Waals surface area contributed by atoms with Crippen LogP contribution in [0.3, 0.4) is 0 Å². The van der Waals surface area contributed by atoms with Crippen LogP contribution in [0.1, 0.15) is 10.4 Å². The van der Waals surface area contributed by atoms with Gasteiger partial charge in [-0.2, -0.15) is 8.42 Å². The number of hydrogen-bond acceptors (Lipinski definition) is 5.